The fourth-order valence-electron chi connectivity index (χ4n) is 2.84. The highest BCUT2D eigenvalue weighted by molar-refractivity contribution is 4.84. The number of hydrogen-bond acceptors (Lipinski definition) is 2. The smallest absolute Gasteiger partial charge is 0.0108 e. The van der Waals surface area contributed by atoms with Gasteiger partial charge in [0.2, 0.25) is 0 Å². The molecule has 1 aliphatic rings. The molecule has 1 saturated heterocycles. The maximum absolute atomic E-state index is 3.55. The fraction of sp³-hybridized carbons (Fsp3) is 1.00. The van der Waals surface area contributed by atoms with Gasteiger partial charge in [0, 0.05) is 12.1 Å². The Morgan fingerprint density at radius 3 is 2.69 bits per heavy atom. The average molecular weight is 226 g/mol. The highest BCUT2D eigenvalue weighted by Crippen LogP contribution is 2.25. The molecule has 16 heavy (non-hydrogen) atoms. The normalized spacial score (nSPS) is 25.9. The number of nitrogens with zero attached hydrogens (tertiary/aromatic N) is 1. The lowest BCUT2D eigenvalue weighted by Crippen LogP contribution is -2.43. The standard InChI is InChI=1S/C14H30N2/c1-5-9-15-11-12(3)13(4)16-10-7-8-14(16)6-2/h12-15H,5-11H2,1-4H3. The van der Waals surface area contributed by atoms with Gasteiger partial charge in [-0.25, -0.2) is 0 Å². The highest BCUT2D eigenvalue weighted by Gasteiger charge is 2.29. The van der Waals surface area contributed by atoms with E-state index < -0.39 is 0 Å². The molecule has 0 radical (unpaired) electrons. The van der Waals surface area contributed by atoms with Crippen LogP contribution in [0.1, 0.15) is 53.4 Å². The Labute approximate surface area is 102 Å². The second kappa shape index (κ2) is 7.29. The van der Waals surface area contributed by atoms with Crippen LogP contribution in [0.15, 0.2) is 0 Å². The van der Waals surface area contributed by atoms with Crippen molar-refractivity contribution in [2.24, 2.45) is 5.92 Å². The molecule has 0 aliphatic carbocycles. The Bertz CT molecular complexity index is 182. The molecule has 0 aromatic carbocycles. The van der Waals surface area contributed by atoms with E-state index in [0.717, 1.165) is 24.5 Å². The Morgan fingerprint density at radius 2 is 2.06 bits per heavy atom. The van der Waals surface area contributed by atoms with Crippen molar-refractivity contribution in [2.75, 3.05) is 19.6 Å². The molecule has 0 aromatic heterocycles. The maximum atomic E-state index is 3.55. The first kappa shape index (κ1) is 14.0. The first-order chi connectivity index (χ1) is 7.70. The molecule has 0 amide bonds. The summed E-state index contributed by atoms with van der Waals surface area (Å²) in [7, 11) is 0. The Kier molecular flexibility index (Phi) is 6.37. The maximum Gasteiger partial charge on any atom is 0.0108 e. The van der Waals surface area contributed by atoms with Crippen LogP contribution in [0.3, 0.4) is 0 Å². The molecule has 1 aliphatic heterocycles. The summed E-state index contributed by atoms with van der Waals surface area (Å²) < 4.78 is 0. The number of hydrogen-bond donors (Lipinski definition) is 1. The minimum Gasteiger partial charge on any atom is -0.316 e. The summed E-state index contributed by atoms with van der Waals surface area (Å²) in [6.45, 7) is 13.0. The molecule has 3 atom stereocenters. The van der Waals surface area contributed by atoms with E-state index in [2.05, 4.69) is 37.9 Å². The van der Waals surface area contributed by atoms with E-state index in [0.29, 0.717) is 0 Å². The van der Waals surface area contributed by atoms with Crippen LogP contribution in [-0.4, -0.2) is 36.6 Å². The molecule has 0 bridgehead atoms. The molecule has 1 heterocycles. The quantitative estimate of drug-likeness (QED) is 0.672. The summed E-state index contributed by atoms with van der Waals surface area (Å²) in [5.74, 6) is 0.763. The van der Waals surface area contributed by atoms with Crippen LogP contribution >= 0.6 is 0 Å². The Morgan fingerprint density at radius 1 is 1.31 bits per heavy atom. The number of nitrogens with one attached hydrogen (secondary N) is 1. The van der Waals surface area contributed by atoms with Gasteiger partial charge < -0.3 is 5.32 Å². The Hall–Kier alpha value is -0.0800. The lowest BCUT2D eigenvalue weighted by atomic mass is 10.0. The summed E-state index contributed by atoms with van der Waals surface area (Å²) >= 11 is 0. The van der Waals surface area contributed by atoms with Crippen molar-refractivity contribution in [1.29, 1.82) is 0 Å². The van der Waals surface area contributed by atoms with E-state index in [1.807, 2.05) is 0 Å². The topological polar surface area (TPSA) is 15.3 Å². The van der Waals surface area contributed by atoms with Gasteiger partial charge in [-0.1, -0.05) is 20.8 Å². The van der Waals surface area contributed by atoms with Gasteiger partial charge in [0.05, 0.1) is 0 Å². The SMILES string of the molecule is CCCNCC(C)C(C)N1CCCC1CC. The molecule has 96 valence electrons. The molecule has 0 aromatic rings. The first-order valence-electron chi connectivity index (χ1n) is 7.17. The van der Waals surface area contributed by atoms with Gasteiger partial charge in [-0.3, -0.25) is 4.90 Å². The van der Waals surface area contributed by atoms with Crippen molar-refractivity contribution in [3.8, 4) is 0 Å². The van der Waals surface area contributed by atoms with Crippen LogP contribution in [0.2, 0.25) is 0 Å². The molecule has 3 unspecified atom stereocenters. The minimum absolute atomic E-state index is 0.733. The molecular weight excluding hydrogens is 196 g/mol. The van der Waals surface area contributed by atoms with Gasteiger partial charge in [0.1, 0.15) is 0 Å². The van der Waals surface area contributed by atoms with E-state index in [9.17, 15) is 0 Å². The Balaban J connectivity index is 2.33. The van der Waals surface area contributed by atoms with Crippen molar-refractivity contribution in [3.05, 3.63) is 0 Å². The molecule has 1 fully saturated rings. The van der Waals surface area contributed by atoms with Crippen molar-refractivity contribution in [3.63, 3.8) is 0 Å². The van der Waals surface area contributed by atoms with Gasteiger partial charge in [-0.2, -0.15) is 0 Å². The zero-order valence-electron chi connectivity index (χ0n) is 11.6. The summed E-state index contributed by atoms with van der Waals surface area (Å²) in [5, 5.41) is 3.55. The predicted molar refractivity (Wildman–Crippen MR) is 71.8 cm³/mol. The lowest BCUT2D eigenvalue weighted by molar-refractivity contribution is 0.142. The van der Waals surface area contributed by atoms with Crippen LogP contribution in [0.25, 0.3) is 0 Å². The summed E-state index contributed by atoms with van der Waals surface area (Å²) in [6.07, 6.45) is 5.37. The third-order valence-electron chi connectivity index (χ3n) is 4.13. The van der Waals surface area contributed by atoms with Crippen molar-refractivity contribution in [2.45, 2.75) is 65.5 Å². The average Bonchev–Trinajstić information content (AvgIpc) is 2.76. The molecule has 2 nitrogen and oxygen atoms in total. The van der Waals surface area contributed by atoms with Gasteiger partial charge in [-0.15, -0.1) is 0 Å². The third-order valence-corrected chi connectivity index (χ3v) is 4.13. The van der Waals surface area contributed by atoms with E-state index in [4.69, 9.17) is 0 Å². The van der Waals surface area contributed by atoms with E-state index in [1.54, 1.807) is 0 Å². The summed E-state index contributed by atoms with van der Waals surface area (Å²) in [4.78, 5) is 2.73. The van der Waals surface area contributed by atoms with Crippen molar-refractivity contribution >= 4 is 0 Å². The molecule has 0 spiro atoms. The number of rotatable bonds is 7. The lowest BCUT2D eigenvalue weighted by Gasteiger charge is -2.34. The van der Waals surface area contributed by atoms with E-state index >= 15 is 0 Å². The monoisotopic (exact) mass is 226 g/mol. The van der Waals surface area contributed by atoms with Crippen molar-refractivity contribution in [1.82, 2.24) is 10.2 Å². The third kappa shape index (κ3) is 3.74. The number of likely N-dealkylation sites (tertiary alicyclic amines) is 1. The van der Waals surface area contributed by atoms with Crippen LogP contribution in [0, 0.1) is 5.92 Å². The highest BCUT2D eigenvalue weighted by atomic mass is 15.2. The second-order valence-corrected chi connectivity index (χ2v) is 5.36. The zero-order chi connectivity index (χ0) is 12.0. The van der Waals surface area contributed by atoms with Gasteiger partial charge in [0.25, 0.3) is 0 Å². The first-order valence-corrected chi connectivity index (χ1v) is 7.17. The zero-order valence-corrected chi connectivity index (χ0v) is 11.6. The van der Waals surface area contributed by atoms with Crippen LogP contribution in [-0.2, 0) is 0 Å². The van der Waals surface area contributed by atoms with Gasteiger partial charge in [-0.05, 0) is 58.2 Å². The van der Waals surface area contributed by atoms with Gasteiger partial charge >= 0.3 is 0 Å². The van der Waals surface area contributed by atoms with Gasteiger partial charge in [0.15, 0.2) is 0 Å². The minimum atomic E-state index is 0.733. The van der Waals surface area contributed by atoms with Crippen LogP contribution < -0.4 is 5.32 Å². The molecule has 1 rings (SSSR count). The molecule has 1 N–H and O–H groups in total. The molecular formula is C14H30N2. The second-order valence-electron chi connectivity index (χ2n) is 5.36. The fourth-order valence-corrected chi connectivity index (χ4v) is 2.84. The van der Waals surface area contributed by atoms with Crippen LogP contribution in [0.5, 0.6) is 0 Å². The summed E-state index contributed by atoms with van der Waals surface area (Å²) in [6, 6.07) is 1.58. The molecule has 0 saturated carbocycles. The van der Waals surface area contributed by atoms with Crippen molar-refractivity contribution < 1.29 is 0 Å². The predicted octanol–water partition coefficient (Wildman–Crippen LogP) is 2.89. The largest absolute Gasteiger partial charge is 0.316 e. The summed E-state index contributed by atoms with van der Waals surface area (Å²) in [5.41, 5.74) is 0. The van der Waals surface area contributed by atoms with E-state index in [1.165, 1.54) is 38.8 Å². The van der Waals surface area contributed by atoms with E-state index in [-0.39, 0.29) is 0 Å². The van der Waals surface area contributed by atoms with Crippen LogP contribution in [0.4, 0.5) is 0 Å². The molecule has 2 heteroatoms.